The molecule has 1 aromatic rings. The highest BCUT2D eigenvalue weighted by atomic mass is 127. The van der Waals surface area contributed by atoms with Crippen LogP contribution in [0.5, 0.6) is 0 Å². The molecule has 5 heteroatoms. The lowest BCUT2D eigenvalue weighted by atomic mass is 10.3. The maximum Gasteiger partial charge on any atom is 0.269 e. The first-order valence-corrected chi connectivity index (χ1v) is 6.13. The normalized spacial score (nSPS) is 9.55. The molecule has 58 valence electrons. The second-order valence-electron chi connectivity index (χ2n) is 1.83. The standard InChI is InChI=1S/C6H4INO2S/c7-11-6-3-1-5(2-4-6)8(9)10/h1-4H. The molecule has 0 bridgehead atoms. The zero-order valence-corrected chi connectivity index (χ0v) is 8.33. The zero-order valence-electron chi connectivity index (χ0n) is 5.36. The Balaban J connectivity index is 2.91. The molecule has 0 aliphatic heterocycles. The molecule has 0 radical (unpaired) electrons. The van der Waals surface area contributed by atoms with Gasteiger partial charge >= 0.3 is 0 Å². The fourth-order valence-corrected chi connectivity index (χ4v) is 1.74. The molecule has 3 nitrogen and oxygen atoms in total. The number of nitro groups is 1. The smallest absolute Gasteiger partial charge is 0.258 e. The van der Waals surface area contributed by atoms with E-state index < -0.39 is 4.92 Å². The third-order valence-electron chi connectivity index (χ3n) is 1.14. The van der Waals surface area contributed by atoms with E-state index in [1.807, 2.05) is 0 Å². The van der Waals surface area contributed by atoms with Gasteiger partial charge in [-0.25, -0.2) is 0 Å². The van der Waals surface area contributed by atoms with Gasteiger partial charge in [0.05, 0.1) is 4.92 Å². The van der Waals surface area contributed by atoms with Gasteiger partial charge in [-0.2, -0.15) is 0 Å². The van der Waals surface area contributed by atoms with Gasteiger partial charge in [0.1, 0.15) is 0 Å². The average Bonchev–Trinajstić information content (AvgIpc) is 2.05. The van der Waals surface area contributed by atoms with E-state index in [2.05, 4.69) is 21.2 Å². The molecule has 11 heavy (non-hydrogen) atoms. The van der Waals surface area contributed by atoms with Crippen LogP contribution in [-0.2, 0) is 0 Å². The molecule has 0 saturated heterocycles. The maximum atomic E-state index is 10.2. The second kappa shape index (κ2) is 3.91. The second-order valence-corrected chi connectivity index (χ2v) is 3.78. The molecule has 0 fully saturated rings. The molecular weight excluding hydrogens is 277 g/mol. The first-order chi connectivity index (χ1) is 5.24. The Labute approximate surface area is 79.9 Å². The first-order valence-electron chi connectivity index (χ1n) is 2.77. The van der Waals surface area contributed by atoms with Crippen LogP contribution in [-0.4, -0.2) is 4.92 Å². The summed E-state index contributed by atoms with van der Waals surface area (Å²) in [6.07, 6.45) is 0. The van der Waals surface area contributed by atoms with Crippen molar-refractivity contribution in [2.75, 3.05) is 0 Å². The number of nitro benzene ring substituents is 1. The summed E-state index contributed by atoms with van der Waals surface area (Å²) in [4.78, 5) is 10.8. The van der Waals surface area contributed by atoms with Crippen molar-refractivity contribution in [1.29, 1.82) is 0 Å². The van der Waals surface area contributed by atoms with E-state index in [4.69, 9.17) is 0 Å². The van der Waals surface area contributed by atoms with Crippen LogP contribution in [0.2, 0.25) is 0 Å². The van der Waals surface area contributed by atoms with Crippen molar-refractivity contribution in [3.63, 3.8) is 0 Å². The number of nitrogens with zero attached hydrogens (tertiary/aromatic N) is 1. The number of hydrogen-bond donors (Lipinski definition) is 0. The SMILES string of the molecule is O=[N+]([O-])c1ccc(SI)cc1. The van der Waals surface area contributed by atoms with Crippen LogP contribution in [0.25, 0.3) is 0 Å². The Morgan fingerprint density at radius 1 is 1.36 bits per heavy atom. The Kier molecular flexibility index (Phi) is 3.13. The fraction of sp³-hybridized carbons (Fsp3) is 0. The number of rotatable bonds is 2. The van der Waals surface area contributed by atoms with Gasteiger partial charge in [0, 0.05) is 38.2 Å². The third kappa shape index (κ3) is 2.33. The predicted molar refractivity (Wildman–Crippen MR) is 53.0 cm³/mol. The van der Waals surface area contributed by atoms with Gasteiger partial charge in [0.15, 0.2) is 0 Å². The lowest BCUT2D eigenvalue weighted by molar-refractivity contribution is -0.384. The van der Waals surface area contributed by atoms with E-state index in [1.54, 1.807) is 12.1 Å². The summed E-state index contributed by atoms with van der Waals surface area (Å²) in [5.74, 6) is 0. The lowest BCUT2D eigenvalue weighted by Crippen LogP contribution is -1.85. The highest BCUT2D eigenvalue weighted by Crippen LogP contribution is 2.26. The molecule has 0 heterocycles. The van der Waals surface area contributed by atoms with Crippen LogP contribution < -0.4 is 0 Å². The minimum atomic E-state index is -0.401. The lowest BCUT2D eigenvalue weighted by Gasteiger charge is -1.92. The van der Waals surface area contributed by atoms with E-state index in [9.17, 15) is 10.1 Å². The van der Waals surface area contributed by atoms with Crippen LogP contribution in [0.4, 0.5) is 5.69 Å². The molecule has 0 spiro atoms. The number of benzene rings is 1. The summed E-state index contributed by atoms with van der Waals surface area (Å²) in [6, 6.07) is 6.46. The summed E-state index contributed by atoms with van der Waals surface area (Å²) >= 11 is 2.13. The summed E-state index contributed by atoms with van der Waals surface area (Å²) in [7, 11) is 1.54. The number of hydrogen-bond acceptors (Lipinski definition) is 3. The molecule has 0 unspecified atom stereocenters. The topological polar surface area (TPSA) is 43.1 Å². The van der Waals surface area contributed by atoms with Crippen LogP contribution >= 0.6 is 30.1 Å². The third-order valence-corrected chi connectivity index (χ3v) is 3.11. The molecule has 0 amide bonds. The van der Waals surface area contributed by atoms with E-state index in [1.165, 1.54) is 21.1 Å². The fourth-order valence-electron chi connectivity index (χ4n) is 0.619. The summed E-state index contributed by atoms with van der Waals surface area (Å²) in [5, 5.41) is 10.2. The highest BCUT2D eigenvalue weighted by Gasteiger charge is 2.02. The quantitative estimate of drug-likeness (QED) is 0.475. The Hall–Kier alpha value is -0.300. The van der Waals surface area contributed by atoms with Crippen LogP contribution in [0.15, 0.2) is 29.2 Å². The van der Waals surface area contributed by atoms with E-state index in [0.717, 1.165) is 4.90 Å². The van der Waals surface area contributed by atoms with Gasteiger partial charge in [-0.1, -0.05) is 8.93 Å². The largest absolute Gasteiger partial charge is 0.269 e. The maximum absolute atomic E-state index is 10.2. The molecule has 0 aliphatic carbocycles. The molecule has 0 aromatic heterocycles. The monoisotopic (exact) mass is 281 g/mol. The molecule has 0 atom stereocenters. The van der Waals surface area contributed by atoms with Crippen LogP contribution in [0.1, 0.15) is 0 Å². The highest BCUT2D eigenvalue weighted by molar-refractivity contribution is 14.2. The molecule has 1 aromatic carbocycles. The van der Waals surface area contributed by atoms with Crippen LogP contribution in [0, 0.1) is 10.1 Å². The predicted octanol–water partition coefficient (Wildman–Crippen LogP) is 3.04. The van der Waals surface area contributed by atoms with Gasteiger partial charge in [0.25, 0.3) is 5.69 Å². The van der Waals surface area contributed by atoms with Gasteiger partial charge in [0.2, 0.25) is 0 Å². The van der Waals surface area contributed by atoms with Crippen LogP contribution in [0.3, 0.4) is 0 Å². The van der Waals surface area contributed by atoms with Gasteiger partial charge in [-0.15, -0.1) is 0 Å². The number of non-ortho nitro benzene ring substituents is 1. The summed E-state index contributed by atoms with van der Waals surface area (Å²) < 4.78 is 0. The Morgan fingerprint density at radius 3 is 2.27 bits per heavy atom. The molecule has 0 aliphatic rings. The van der Waals surface area contributed by atoms with Crippen molar-refractivity contribution < 1.29 is 4.92 Å². The summed E-state index contributed by atoms with van der Waals surface area (Å²) in [6.45, 7) is 0. The van der Waals surface area contributed by atoms with Crippen molar-refractivity contribution in [3.05, 3.63) is 34.4 Å². The van der Waals surface area contributed by atoms with Gasteiger partial charge in [-0.3, -0.25) is 10.1 Å². The van der Waals surface area contributed by atoms with Crippen molar-refractivity contribution in [3.8, 4) is 0 Å². The van der Waals surface area contributed by atoms with Crippen molar-refractivity contribution in [2.45, 2.75) is 4.90 Å². The van der Waals surface area contributed by atoms with E-state index >= 15 is 0 Å². The average molecular weight is 281 g/mol. The minimum absolute atomic E-state index is 0.138. The van der Waals surface area contributed by atoms with Gasteiger partial charge in [-0.05, 0) is 12.1 Å². The first kappa shape index (κ1) is 8.79. The van der Waals surface area contributed by atoms with Crippen molar-refractivity contribution in [1.82, 2.24) is 0 Å². The molecule has 1 rings (SSSR count). The van der Waals surface area contributed by atoms with Gasteiger partial charge < -0.3 is 0 Å². The summed E-state index contributed by atoms with van der Waals surface area (Å²) in [5.41, 5.74) is 0.138. The molecule has 0 saturated carbocycles. The molecular formula is C6H4INO2S. The molecule has 0 N–H and O–H groups in total. The Morgan fingerprint density at radius 2 is 1.91 bits per heavy atom. The van der Waals surface area contributed by atoms with E-state index in [0.29, 0.717) is 0 Å². The van der Waals surface area contributed by atoms with Crippen molar-refractivity contribution >= 4 is 35.8 Å². The minimum Gasteiger partial charge on any atom is -0.258 e. The van der Waals surface area contributed by atoms with Crippen molar-refractivity contribution in [2.24, 2.45) is 0 Å². The Bertz CT molecular complexity index is 262. The number of halogens is 1. The van der Waals surface area contributed by atoms with E-state index in [-0.39, 0.29) is 5.69 Å². The zero-order chi connectivity index (χ0) is 8.27.